The second kappa shape index (κ2) is 5.77. The number of hydrogen-bond acceptors (Lipinski definition) is 6. The van der Waals surface area contributed by atoms with Gasteiger partial charge in [0.1, 0.15) is 5.75 Å². The number of aliphatic hydroxyl groups is 1. The van der Waals surface area contributed by atoms with Gasteiger partial charge in [-0.25, -0.2) is 0 Å². The molecule has 0 radical (unpaired) electrons. The van der Waals surface area contributed by atoms with Crippen LogP contribution in [0, 0.1) is 0 Å². The van der Waals surface area contributed by atoms with Gasteiger partial charge in [0.25, 0.3) is 11.2 Å². The van der Waals surface area contributed by atoms with Crippen LogP contribution in [0.4, 0.5) is 5.69 Å². The topological polar surface area (TPSA) is 94.1 Å². The Kier molecular flexibility index (Phi) is 4.39. The fraction of sp³-hybridized carbons (Fsp3) is 0.462. The van der Waals surface area contributed by atoms with Crippen LogP contribution >= 0.6 is 7.60 Å². The predicted molar refractivity (Wildman–Crippen MR) is 76.4 cm³/mol. The molecule has 0 saturated heterocycles. The smallest absolute Gasteiger partial charge is 0.376 e. The van der Waals surface area contributed by atoms with E-state index in [1.807, 2.05) is 0 Å². The van der Waals surface area contributed by atoms with Crippen LogP contribution in [0.15, 0.2) is 18.2 Å². The minimum atomic E-state index is -4.11. The molecule has 0 spiro atoms. The van der Waals surface area contributed by atoms with Crippen LogP contribution in [-0.2, 0) is 23.7 Å². The van der Waals surface area contributed by atoms with E-state index in [1.165, 1.54) is 13.2 Å². The highest BCUT2D eigenvalue weighted by atomic mass is 31.2. The van der Waals surface area contributed by atoms with E-state index in [9.17, 15) is 14.5 Å². The van der Waals surface area contributed by atoms with Gasteiger partial charge in [0.2, 0.25) is 0 Å². The largest absolute Gasteiger partial charge is 0.497 e. The van der Waals surface area contributed by atoms with E-state index >= 15 is 0 Å². The van der Waals surface area contributed by atoms with Crippen molar-refractivity contribution >= 4 is 19.2 Å². The lowest BCUT2D eigenvalue weighted by atomic mass is 10.1. The van der Waals surface area contributed by atoms with Crippen molar-refractivity contribution in [2.24, 2.45) is 0 Å². The Bertz CT molecular complexity index is 594. The molecular formula is C13H18NO6P. The molecule has 2 rings (SSSR count). The Hall–Kier alpha value is -1.40. The molecule has 8 heteroatoms. The van der Waals surface area contributed by atoms with E-state index in [2.05, 4.69) is 5.32 Å². The van der Waals surface area contributed by atoms with Crippen molar-refractivity contribution in [1.82, 2.24) is 0 Å². The lowest BCUT2D eigenvalue weighted by molar-refractivity contribution is -0.128. The van der Waals surface area contributed by atoms with Crippen molar-refractivity contribution in [3.8, 4) is 5.75 Å². The second-order valence-electron chi connectivity index (χ2n) is 4.37. The van der Waals surface area contributed by atoms with Crippen LogP contribution < -0.4 is 10.1 Å². The van der Waals surface area contributed by atoms with E-state index in [0.29, 0.717) is 11.4 Å². The van der Waals surface area contributed by atoms with Crippen LogP contribution in [0.2, 0.25) is 0 Å². The molecule has 0 aromatic heterocycles. The van der Waals surface area contributed by atoms with Crippen LogP contribution in [0.1, 0.15) is 19.4 Å². The first kappa shape index (κ1) is 16.0. The standard InChI is InChI=1S/C13H18NO6P/c1-4-19-21(17,20-5-2)13(16)10-8-9(18-3)6-7-11(10)14-12(13)15/h6-8,16H,4-5H2,1-3H3,(H,14,15). The highest BCUT2D eigenvalue weighted by Crippen LogP contribution is 2.66. The zero-order chi connectivity index (χ0) is 15.7. The normalized spacial score (nSPS) is 21.0. The SMILES string of the molecule is CCOP(=O)(OCC)C1(O)C(=O)Nc2ccc(OC)cc21. The maximum Gasteiger partial charge on any atom is 0.376 e. The van der Waals surface area contributed by atoms with E-state index in [0.717, 1.165) is 0 Å². The first-order valence-electron chi connectivity index (χ1n) is 6.54. The maximum atomic E-state index is 12.9. The highest BCUT2D eigenvalue weighted by molar-refractivity contribution is 7.56. The van der Waals surface area contributed by atoms with Crippen LogP contribution in [0.3, 0.4) is 0 Å². The van der Waals surface area contributed by atoms with Gasteiger partial charge in [-0.3, -0.25) is 9.36 Å². The van der Waals surface area contributed by atoms with Gasteiger partial charge in [-0.15, -0.1) is 0 Å². The van der Waals surface area contributed by atoms with Gasteiger partial charge in [-0.05, 0) is 32.0 Å². The third kappa shape index (κ3) is 2.36. The van der Waals surface area contributed by atoms with Crippen LogP contribution in [-0.4, -0.2) is 31.3 Å². The molecule has 21 heavy (non-hydrogen) atoms. The number of methoxy groups -OCH3 is 1. The average molecular weight is 315 g/mol. The average Bonchev–Trinajstić information content (AvgIpc) is 2.72. The van der Waals surface area contributed by atoms with Gasteiger partial charge in [0, 0.05) is 11.3 Å². The number of nitrogens with one attached hydrogen (secondary N) is 1. The molecular weight excluding hydrogens is 297 g/mol. The number of fused-ring (bicyclic) bond motifs is 1. The first-order valence-corrected chi connectivity index (χ1v) is 8.08. The summed E-state index contributed by atoms with van der Waals surface area (Å²) in [5, 5.41) is 10.9. The van der Waals surface area contributed by atoms with Gasteiger partial charge in [0.15, 0.2) is 0 Å². The van der Waals surface area contributed by atoms with Gasteiger partial charge >= 0.3 is 7.60 Å². The summed E-state index contributed by atoms with van der Waals surface area (Å²) in [5.74, 6) is -0.417. The molecule has 1 heterocycles. The van der Waals surface area contributed by atoms with E-state index < -0.39 is 18.8 Å². The van der Waals surface area contributed by atoms with Crippen molar-refractivity contribution in [3.63, 3.8) is 0 Å². The zero-order valence-electron chi connectivity index (χ0n) is 12.1. The monoisotopic (exact) mass is 315 g/mol. The summed E-state index contributed by atoms with van der Waals surface area (Å²) in [6.07, 6.45) is 0. The van der Waals surface area contributed by atoms with Crippen LogP contribution in [0.5, 0.6) is 5.75 Å². The molecule has 0 bridgehead atoms. The van der Waals surface area contributed by atoms with Crippen molar-refractivity contribution in [2.75, 3.05) is 25.6 Å². The molecule has 2 N–H and O–H groups in total. The summed E-state index contributed by atoms with van der Waals surface area (Å²) < 4.78 is 28.3. The molecule has 1 unspecified atom stereocenters. The minimum absolute atomic E-state index is 0.0339. The Morgan fingerprint density at radius 1 is 1.29 bits per heavy atom. The Balaban J connectivity index is 2.61. The number of benzene rings is 1. The van der Waals surface area contributed by atoms with Gasteiger partial charge in [0.05, 0.1) is 20.3 Å². The summed E-state index contributed by atoms with van der Waals surface area (Å²) in [6.45, 7) is 3.28. The Morgan fingerprint density at radius 3 is 2.43 bits per heavy atom. The minimum Gasteiger partial charge on any atom is -0.497 e. The molecule has 0 aliphatic carbocycles. The van der Waals surface area contributed by atoms with E-state index in [-0.39, 0.29) is 18.8 Å². The molecule has 1 aromatic carbocycles. The molecule has 1 aliphatic heterocycles. The number of amides is 1. The highest BCUT2D eigenvalue weighted by Gasteiger charge is 2.61. The zero-order valence-corrected chi connectivity index (χ0v) is 13.0. The number of rotatable bonds is 6. The molecule has 1 aromatic rings. The molecule has 0 fully saturated rings. The summed E-state index contributed by atoms with van der Waals surface area (Å²) in [5.41, 5.74) is 0.472. The van der Waals surface area contributed by atoms with Crippen molar-refractivity contribution in [2.45, 2.75) is 19.2 Å². The molecule has 7 nitrogen and oxygen atoms in total. The van der Waals surface area contributed by atoms with E-state index in [1.54, 1.807) is 26.0 Å². The first-order chi connectivity index (χ1) is 9.92. The molecule has 116 valence electrons. The fourth-order valence-corrected chi connectivity index (χ4v) is 4.13. The molecule has 1 amide bonds. The third-order valence-electron chi connectivity index (χ3n) is 3.16. The number of carbonyl (C=O) groups is 1. The quantitative estimate of drug-likeness (QED) is 0.780. The summed E-state index contributed by atoms with van der Waals surface area (Å²) in [4.78, 5) is 12.2. The predicted octanol–water partition coefficient (Wildman–Crippen LogP) is 2.06. The van der Waals surface area contributed by atoms with Gasteiger partial charge in [-0.1, -0.05) is 0 Å². The van der Waals surface area contributed by atoms with Gasteiger partial charge in [-0.2, -0.15) is 0 Å². The number of hydrogen-bond donors (Lipinski definition) is 2. The lowest BCUT2D eigenvalue weighted by Crippen LogP contribution is -2.35. The van der Waals surface area contributed by atoms with Crippen LogP contribution in [0.25, 0.3) is 0 Å². The third-order valence-corrected chi connectivity index (χ3v) is 5.59. The molecule has 1 aliphatic rings. The van der Waals surface area contributed by atoms with Crippen molar-refractivity contribution < 1.29 is 28.3 Å². The summed E-state index contributed by atoms with van der Waals surface area (Å²) in [7, 11) is -2.66. The Labute approximate surface area is 122 Å². The molecule has 0 saturated carbocycles. The van der Waals surface area contributed by atoms with Gasteiger partial charge < -0.3 is 24.2 Å². The molecule has 1 atom stereocenters. The number of anilines is 1. The number of ether oxygens (including phenoxy) is 1. The lowest BCUT2D eigenvalue weighted by Gasteiger charge is -2.29. The fourth-order valence-electron chi connectivity index (χ4n) is 2.22. The maximum absolute atomic E-state index is 12.9. The van der Waals surface area contributed by atoms with Crippen molar-refractivity contribution in [3.05, 3.63) is 23.8 Å². The summed E-state index contributed by atoms with van der Waals surface area (Å²) >= 11 is 0. The second-order valence-corrected chi connectivity index (χ2v) is 6.53. The number of carbonyl (C=O) groups excluding carboxylic acids is 1. The van der Waals surface area contributed by atoms with Crippen molar-refractivity contribution in [1.29, 1.82) is 0 Å². The Morgan fingerprint density at radius 2 is 1.90 bits per heavy atom. The van der Waals surface area contributed by atoms with E-state index in [4.69, 9.17) is 13.8 Å². The summed E-state index contributed by atoms with van der Waals surface area (Å²) in [6, 6.07) is 4.63.